The minimum Gasteiger partial charge on any atom is -0.224 e. The standard InChI is InChI=1S/C15H14O2S/c1-18(16,17)15-10-6-5-9-14(15)12-11-13-7-3-2-4-8-13/h2-12H,1H3/b12-11+. The van der Waals surface area contributed by atoms with Crippen LogP contribution in [0.1, 0.15) is 11.1 Å². The maximum absolute atomic E-state index is 11.6. The summed E-state index contributed by atoms with van der Waals surface area (Å²) in [6.45, 7) is 0. The molecule has 92 valence electrons. The summed E-state index contributed by atoms with van der Waals surface area (Å²) in [5.41, 5.74) is 1.75. The summed E-state index contributed by atoms with van der Waals surface area (Å²) in [4.78, 5) is 0.359. The van der Waals surface area contributed by atoms with Gasteiger partial charge < -0.3 is 0 Å². The van der Waals surface area contributed by atoms with Gasteiger partial charge in [0.25, 0.3) is 0 Å². The summed E-state index contributed by atoms with van der Waals surface area (Å²) in [5.74, 6) is 0. The lowest BCUT2D eigenvalue weighted by atomic mass is 10.1. The van der Waals surface area contributed by atoms with Crippen molar-refractivity contribution < 1.29 is 8.42 Å². The molecule has 0 amide bonds. The van der Waals surface area contributed by atoms with Gasteiger partial charge >= 0.3 is 0 Å². The lowest BCUT2D eigenvalue weighted by Crippen LogP contribution is -1.99. The van der Waals surface area contributed by atoms with Gasteiger partial charge in [-0.2, -0.15) is 0 Å². The Morgan fingerprint density at radius 2 is 1.44 bits per heavy atom. The minimum atomic E-state index is -3.19. The fraction of sp³-hybridized carbons (Fsp3) is 0.0667. The van der Waals surface area contributed by atoms with Crippen LogP contribution >= 0.6 is 0 Å². The number of rotatable bonds is 3. The number of sulfone groups is 1. The first-order valence-corrected chi connectivity index (χ1v) is 7.49. The van der Waals surface area contributed by atoms with Crippen LogP contribution in [0.25, 0.3) is 12.2 Å². The molecule has 0 aliphatic rings. The summed E-state index contributed by atoms with van der Waals surface area (Å²) in [5, 5.41) is 0. The summed E-state index contributed by atoms with van der Waals surface area (Å²) in [6.07, 6.45) is 4.96. The fourth-order valence-electron chi connectivity index (χ4n) is 1.71. The predicted octanol–water partition coefficient (Wildman–Crippen LogP) is 3.26. The van der Waals surface area contributed by atoms with E-state index in [1.807, 2.05) is 48.6 Å². The summed E-state index contributed by atoms with van der Waals surface area (Å²) in [6, 6.07) is 16.8. The molecule has 0 atom stereocenters. The first-order chi connectivity index (χ1) is 8.57. The van der Waals surface area contributed by atoms with Gasteiger partial charge in [0.05, 0.1) is 4.90 Å². The lowest BCUT2D eigenvalue weighted by Gasteiger charge is -2.02. The van der Waals surface area contributed by atoms with Gasteiger partial charge in [0.15, 0.2) is 9.84 Å². The van der Waals surface area contributed by atoms with E-state index in [9.17, 15) is 8.42 Å². The Morgan fingerprint density at radius 3 is 2.11 bits per heavy atom. The smallest absolute Gasteiger partial charge is 0.176 e. The van der Waals surface area contributed by atoms with Crippen LogP contribution in [0, 0.1) is 0 Å². The molecule has 0 N–H and O–H groups in total. The second kappa shape index (κ2) is 5.19. The molecule has 0 bridgehead atoms. The van der Waals surface area contributed by atoms with Gasteiger partial charge in [-0.3, -0.25) is 0 Å². The van der Waals surface area contributed by atoms with Crippen molar-refractivity contribution in [2.45, 2.75) is 4.90 Å². The van der Waals surface area contributed by atoms with E-state index in [4.69, 9.17) is 0 Å². The minimum absolute atomic E-state index is 0.359. The monoisotopic (exact) mass is 258 g/mol. The highest BCUT2D eigenvalue weighted by atomic mass is 32.2. The Balaban J connectivity index is 2.39. The molecule has 0 unspecified atom stereocenters. The third-order valence-corrected chi connectivity index (χ3v) is 3.74. The third kappa shape index (κ3) is 3.08. The Morgan fingerprint density at radius 1 is 0.833 bits per heavy atom. The van der Waals surface area contributed by atoms with E-state index in [0.29, 0.717) is 10.5 Å². The van der Waals surface area contributed by atoms with E-state index in [1.54, 1.807) is 18.2 Å². The molecule has 3 heteroatoms. The lowest BCUT2D eigenvalue weighted by molar-refractivity contribution is 0.601. The van der Waals surface area contributed by atoms with E-state index in [1.165, 1.54) is 6.26 Å². The van der Waals surface area contributed by atoms with Gasteiger partial charge in [0, 0.05) is 6.26 Å². The van der Waals surface area contributed by atoms with Crippen LogP contribution in [0.3, 0.4) is 0 Å². The summed E-state index contributed by atoms with van der Waals surface area (Å²) >= 11 is 0. The SMILES string of the molecule is CS(=O)(=O)c1ccccc1/C=C/c1ccccc1. The molecule has 0 spiro atoms. The van der Waals surface area contributed by atoms with Crippen molar-refractivity contribution in [3.8, 4) is 0 Å². The molecule has 2 nitrogen and oxygen atoms in total. The van der Waals surface area contributed by atoms with Crippen molar-refractivity contribution in [1.29, 1.82) is 0 Å². The van der Waals surface area contributed by atoms with Crippen LogP contribution < -0.4 is 0 Å². The van der Waals surface area contributed by atoms with E-state index in [2.05, 4.69) is 0 Å². The molecule has 0 heterocycles. The second-order valence-electron chi connectivity index (χ2n) is 4.05. The Bertz CT molecular complexity index is 656. The average molecular weight is 258 g/mol. The van der Waals surface area contributed by atoms with Gasteiger partial charge in [-0.05, 0) is 17.2 Å². The molecule has 0 aliphatic heterocycles. The Labute approximate surface area is 108 Å². The van der Waals surface area contributed by atoms with E-state index >= 15 is 0 Å². The molecule has 0 aliphatic carbocycles. The van der Waals surface area contributed by atoms with Gasteiger partial charge in [-0.1, -0.05) is 60.7 Å². The molecule has 2 aromatic rings. The van der Waals surface area contributed by atoms with Gasteiger partial charge in [0.1, 0.15) is 0 Å². The highest BCUT2D eigenvalue weighted by Gasteiger charge is 2.09. The zero-order valence-electron chi connectivity index (χ0n) is 10.1. The highest BCUT2D eigenvalue weighted by molar-refractivity contribution is 7.90. The first kappa shape index (κ1) is 12.6. The van der Waals surface area contributed by atoms with Crippen LogP contribution in [-0.4, -0.2) is 14.7 Å². The van der Waals surface area contributed by atoms with Crippen molar-refractivity contribution in [1.82, 2.24) is 0 Å². The molecular formula is C15H14O2S. The topological polar surface area (TPSA) is 34.1 Å². The van der Waals surface area contributed by atoms with Crippen molar-refractivity contribution in [2.24, 2.45) is 0 Å². The Kier molecular flexibility index (Phi) is 3.63. The maximum atomic E-state index is 11.6. The van der Waals surface area contributed by atoms with Crippen molar-refractivity contribution in [3.63, 3.8) is 0 Å². The molecule has 0 aromatic heterocycles. The highest BCUT2D eigenvalue weighted by Crippen LogP contribution is 2.18. The molecule has 2 aromatic carbocycles. The van der Waals surface area contributed by atoms with Crippen LogP contribution in [0.15, 0.2) is 59.5 Å². The number of hydrogen-bond acceptors (Lipinski definition) is 2. The van der Waals surface area contributed by atoms with E-state index in [-0.39, 0.29) is 0 Å². The van der Waals surface area contributed by atoms with Crippen molar-refractivity contribution in [2.75, 3.05) is 6.26 Å². The van der Waals surface area contributed by atoms with Crippen molar-refractivity contribution >= 4 is 22.0 Å². The van der Waals surface area contributed by atoms with Gasteiger partial charge in [-0.25, -0.2) is 8.42 Å². The summed E-state index contributed by atoms with van der Waals surface area (Å²) in [7, 11) is -3.19. The fourth-order valence-corrected chi connectivity index (χ4v) is 2.60. The van der Waals surface area contributed by atoms with Gasteiger partial charge in [0.2, 0.25) is 0 Å². The van der Waals surface area contributed by atoms with E-state index in [0.717, 1.165) is 5.56 Å². The average Bonchev–Trinajstić information content (AvgIpc) is 2.37. The molecule has 0 fully saturated rings. The predicted molar refractivity (Wildman–Crippen MR) is 74.9 cm³/mol. The molecule has 18 heavy (non-hydrogen) atoms. The van der Waals surface area contributed by atoms with Gasteiger partial charge in [-0.15, -0.1) is 0 Å². The van der Waals surface area contributed by atoms with Crippen molar-refractivity contribution in [3.05, 3.63) is 65.7 Å². The number of hydrogen-bond donors (Lipinski definition) is 0. The Hall–Kier alpha value is -1.87. The molecule has 2 rings (SSSR count). The molecule has 0 radical (unpaired) electrons. The first-order valence-electron chi connectivity index (χ1n) is 5.59. The zero-order valence-corrected chi connectivity index (χ0v) is 10.9. The zero-order chi connectivity index (χ0) is 13.0. The van der Waals surface area contributed by atoms with Crippen LogP contribution in [0.2, 0.25) is 0 Å². The van der Waals surface area contributed by atoms with E-state index < -0.39 is 9.84 Å². The maximum Gasteiger partial charge on any atom is 0.176 e. The van der Waals surface area contributed by atoms with Crippen LogP contribution in [0.5, 0.6) is 0 Å². The normalized spacial score (nSPS) is 11.8. The van der Waals surface area contributed by atoms with Crippen LogP contribution in [0.4, 0.5) is 0 Å². The largest absolute Gasteiger partial charge is 0.224 e. The summed E-state index contributed by atoms with van der Waals surface area (Å²) < 4.78 is 23.3. The molecule has 0 saturated carbocycles. The quantitative estimate of drug-likeness (QED) is 0.792. The third-order valence-electron chi connectivity index (χ3n) is 2.57. The molecule has 0 saturated heterocycles. The second-order valence-corrected chi connectivity index (χ2v) is 6.04. The van der Waals surface area contributed by atoms with Crippen LogP contribution in [-0.2, 0) is 9.84 Å². The molecular weight excluding hydrogens is 244 g/mol. The number of benzene rings is 2.